The Bertz CT molecular complexity index is 1950. The van der Waals surface area contributed by atoms with Crippen molar-refractivity contribution < 1.29 is 90.4 Å². The van der Waals surface area contributed by atoms with Gasteiger partial charge >= 0.3 is 29.4 Å². The lowest BCUT2D eigenvalue weighted by Gasteiger charge is -2.30. The summed E-state index contributed by atoms with van der Waals surface area (Å²) in [6.07, 6.45) is -7.10. The molecule has 0 spiro atoms. The number of carbonyl (C=O) groups is 4. The number of amides is 2. The standard InChI is InChI=1S/C28H46N7O19P3S/c1-27(2,7-5-17(37)38)26(42)58-10-9-30-16(36)6-8-31-24(41)21(40)28(3,4)12-51-57(48,49)54-56(46,47)50-11-15-20(53-55(43,44)45)19(39)25(52-15)35-14-34-18-22(29)32-13-33-23(18)35/h13-15,19-21,25,39-40H,5-12H2,1-4H3,(H,30,36)(H,31,41)(H,37,38)(H,46,47)(H,48,49)(H2,29,32,33)(H2,43,44,45). The van der Waals surface area contributed by atoms with Crippen LogP contribution in [0.4, 0.5) is 5.82 Å². The first-order chi connectivity index (χ1) is 26.6. The summed E-state index contributed by atoms with van der Waals surface area (Å²) in [7, 11) is -16.5. The lowest BCUT2D eigenvalue weighted by Crippen LogP contribution is -2.46. The normalized spacial score (nSPS) is 21.6. The van der Waals surface area contributed by atoms with E-state index in [1.54, 1.807) is 13.8 Å². The molecule has 328 valence electrons. The van der Waals surface area contributed by atoms with Gasteiger partial charge in [-0.3, -0.25) is 37.3 Å². The molecule has 11 N–H and O–H groups in total. The van der Waals surface area contributed by atoms with Gasteiger partial charge in [0.25, 0.3) is 0 Å². The summed E-state index contributed by atoms with van der Waals surface area (Å²) in [6, 6.07) is 0. The van der Waals surface area contributed by atoms with Gasteiger partial charge in [-0.25, -0.2) is 28.6 Å². The molecule has 2 aromatic rings. The van der Waals surface area contributed by atoms with Gasteiger partial charge in [0.15, 0.2) is 22.8 Å². The maximum atomic E-state index is 12.7. The van der Waals surface area contributed by atoms with Crippen molar-refractivity contribution in [1.29, 1.82) is 0 Å². The minimum atomic E-state index is -5.59. The minimum Gasteiger partial charge on any atom is -0.481 e. The number of carbonyl (C=O) groups excluding carboxylic acids is 3. The number of aliphatic hydroxyl groups excluding tert-OH is 2. The van der Waals surface area contributed by atoms with Crippen molar-refractivity contribution in [3.8, 4) is 0 Å². The Labute approximate surface area is 334 Å². The highest BCUT2D eigenvalue weighted by Gasteiger charge is 2.50. The summed E-state index contributed by atoms with van der Waals surface area (Å²) >= 11 is 0.936. The second-order valence-electron chi connectivity index (χ2n) is 14.0. The second kappa shape index (κ2) is 20.1. The second-order valence-corrected chi connectivity index (χ2v) is 19.3. The van der Waals surface area contributed by atoms with E-state index in [2.05, 4.69) is 34.4 Å². The third-order valence-corrected chi connectivity index (χ3v) is 12.6. The smallest absolute Gasteiger partial charge is 0.481 e. The van der Waals surface area contributed by atoms with Crippen LogP contribution in [-0.4, -0.2) is 134 Å². The SMILES string of the molecule is CC(C)(CCC(=O)O)C(=O)SCCNC(=O)CCNC(=O)C(O)C(C)(C)COP(=O)(O)OP(=O)(O)OCC1OC(n2cnc3c(N)ncnc32)C(O)C1OP(=O)(O)O. The fourth-order valence-corrected chi connectivity index (χ4v) is 8.70. The molecule has 1 aliphatic heterocycles. The van der Waals surface area contributed by atoms with E-state index in [0.29, 0.717) is 0 Å². The van der Waals surface area contributed by atoms with Crippen molar-refractivity contribution in [1.82, 2.24) is 30.2 Å². The van der Waals surface area contributed by atoms with E-state index in [1.165, 1.54) is 13.8 Å². The van der Waals surface area contributed by atoms with Crippen LogP contribution in [0, 0.1) is 10.8 Å². The first-order valence-electron chi connectivity index (χ1n) is 16.9. The fraction of sp³-hybridized carbons (Fsp3) is 0.679. The van der Waals surface area contributed by atoms with Gasteiger partial charge in [-0.15, -0.1) is 0 Å². The molecule has 2 amide bonds. The number of thioether (sulfide) groups is 1. The number of ether oxygens (including phenoxy) is 1. The van der Waals surface area contributed by atoms with E-state index in [4.69, 9.17) is 24.6 Å². The zero-order valence-electron chi connectivity index (χ0n) is 31.3. The number of rotatable bonds is 23. The molecule has 0 bridgehead atoms. The molecule has 3 heterocycles. The van der Waals surface area contributed by atoms with Crippen LogP contribution in [0.2, 0.25) is 0 Å². The highest BCUT2D eigenvalue weighted by Crippen LogP contribution is 2.61. The number of hydrogen-bond acceptors (Lipinski definition) is 19. The number of phosphoric acid groups is 3. The average molecular weight is 910 g/mol. The van der Waals surface area contributed by atoms with Crippen molar-refractivity contribution in [3.63, 3.8) is 0 Å². The number of nitrogen functional groups attached to an aromatic ring is 1. The molecule has 0 saturated carbocycles. The van der Waals surface area contributed by atoms with Crippen LogP contribution in [0.25, 0.3) is 11.2 Å². The van der Waals surface area contributed by atoms with Crippen LogP contribution in [0.1, 0.15) is 53.2 Å². The monoisotopic (exact) mass is 909 g/mol. The summed E-state index contributed by atoms with van der Waals surface area (Å²) in [5, 5.41) is 34.9. The Morgan fingerprint density at radius 1 is 1.00 bits per heavy atom. The van der Waals surface area contributed by atoms with Crippen LogP contribution in [0.5, 0.6) is 0 Å². The van der Waals surface area contributed by atoms with E-state index in [0.717, 1.165) is 29.0 Å². The largest absolute Gasteiger partial charge is 0.481 e. The van der Waals surface area contributed by atoms with Crippen molar-refractivity contribution in [2.45, 2.75) is 77.6 Å². The molecule has 0 aliphatic carbocycles. The highest BCUT2D eigenvalue weighted by molar-refractivity contribution is 8.13. The first-order valence-corrected chi connectivity index (χ1v) is 22.4. The van der Waals surface area contributed by atoms with E-state index >= 15 is 0 Å². The topological polar surface area (TPSA) is 401 Å². The van der Waals surface area contributed by atoms with Gasteiger partial charge < -0.3 is 56.0 Å². The molecule has 0 radical (unpaired) electrons. The molecule has 7 atom stereocenters. The van der Waals surface area contributed by atoms with Crippen molar-refractivity contribution in [2.24, 2.45) is 10.8 Å². The summed E-state index contributed by atoms with van der Waals surface area (Å²) < 4.78 is 62.1. The molecule has 26 nitrogen and oxygen atoms in total. The summed E-state index contributed by atoms with van der Waals surface area (Å²) in [5.74, 6) is -2.38. The van der Waals surface area contributed by atoms with Gasteiger partial charge in [0.1, 0.15) is 36.3 Å². The molecule has 1 fully saturated rings. The average Bonchev–Trinajstić information content (AvgIpc) is 3.67. The summed E-state index contributed by atoms with van der Waals surface area (Å²) in [5.41, 5.74) is 3.33. The zero-order valence-corrected chi connectivity index (χ0v) is 34.8. The van der Waals surface area contributed by atoms with Gasteiger partial charge in [-0.2, -0.15) is 4.31 Å². The number of anilines is 1. The number of nitrogens with one attached hydrogen (secondary N) is 2. The number of aromatic nitrogens is 4. The van der Waals surface area contributed by atoms with E-state index in [1.807, 2.05) is 0 Å². The Morgan fingerprint density at radius 2 is 1.66 bits per heavy atom. The van der Waals surface area contributed by atoms with Gasteiger partial charge in [-0.05, 0) is 6.42 Å². The predicted molar refractivity (Wildman–Crippen MR) is 198 cm³/mol. The molecule has 7 unspecified atom stereocenters. The Morgan fingerprint density at radius 3 is 2.29 bits per heavy atom. The van der Waals surface area contributed by atoms with Crippen LogP contribution >= 0.6 is 35.2 Å². The number of imidazole rings is 1. The maximum Gasteiger partial charge on any atom is 0.481 e. The third-order valence-electron chi connectivity index (χ3n) is 8.25. The lowest BCUT2D eigenvalue weighted by atomic mass is 9.87. The molecule has 1 aliphatic rings. The van der Waals surface area contributed by atoms with Gasteiger partial charge in [0, 0.05) is 42.5 Å². The number of aliphatic carboxylic acids is 1. The lowest BCUT2D eigenvalue weighted by molar-refractivity contribution is -0.138. The van der Waals surface area contributed by atoms with E-state index in [9.17, 15) is 62.7 Å². The van der Waals surface area contributed by atoms with Gasteiger partial charge in [0.05, 0.1) is 19.5 Å². The summed E-state index contributed by atoms with van der Waals surface area (Å²) in [6.45, 7) is 3.49. The van der Waals surface area contributed by atoms with Crippen molar-refractivity contribution in [2.75, 3.05) is 37.8 Å². The Kier molecular flexibility index (Phi) is 17.1. The Hall–Kier alpha value is -2.97. The highest BCUT2D eigenvalue weighted by atomic mass is 32.2. The van der Waals surface area contributed by atoms with E-state index in [-0.39, 0.29) is 60.2 Å². The van der Waals surface area contributed by atoms with Gasteiger partial charge in [-0.1, -0.05) is 39.5 Å². The third kappa shape index (κ3) is 14.6. The van der Waals surface area contributed by atoms with Crippen LogP contribution < -0.4 is 16.4 Å². The number of carboxylic acid groups (broad SMARTS) is 1. The quantitative estimate of drug-likeness (QED) is 0.0499. The van der Waals surface area contributed by atoms with Crippen LogP contribution in [-0.2, 0) is 55.5 Å². The molecule has 3 rings (SSSR count). The Balaban J connectivity index is 1.47. The maximum absolute atomic E-state index is 12.7. The van der Waals surface area contributed by atoms with Crippen LogP contribution in [0.15, 0.2) is 12.7 Å². The van der Waals surface area contributed by atoms with E-state index < -0.39 is 95.9 Å². The number of carboxylic acids is 1. The number of hydrogen-bond donors (Lipinski definition) is 10. The number of aliphatic hydroxyl groups is 2. The number of nitrogens with two attached hydrogens (primary N) is 1. The van der Waals surface area contributed by atoms with Gasteiger partial charge in [0.2, 0.25) is 11.8 Å². The molecule has 2 aromatic heterocycles. The molecule has 58 heavy (non-hydrogen) atoms. The number of nitrogens with zero attached hydrogens (tertiary/aromatic N) is 4. The number of phosphoric ester groups is 3. The fourth-order valence-electron chi connectivity index (χ4n) is 4.99. The van der Waals surface area contributed by atoms with Crippen LogP contribution in [0.3, 0.4) is 0 Å². The van der Waals surface area contributed by atoms with Crippen molar-refractivity contribution in [3.05, 3.63) is 12.7 Å². The minimum absolute atomic E-state index is 0.0202. The molecular formula is C28H46N7O19P3S. The number of fused-ring (bicyclic) bond motifs is 1. The zero-order chi connectivity index (χ0) is 43.9. The van der Waals surface area contributed by atoms with Crippen molar-refractivity contribution >= 4 is 75.1 Å². The summed E-state index contributed by atoms with van der Waals surface area (Å²) in [4.78, 5) is 98.8. The molecule has 0 aromatic carbocycles. The molecule has 30 heteroatoms. The first kappa shape index (κ1) is 49.4. The molecule has 1 saturated heterocycles. The molecular weight excluding hydrogens is 863 g/mol. The predicted octanol–water partition coefficient (Wildman–Crippen LogP) is -0.444.